The minimum atomic E-state index is -0.378. The lowest BCUT2D eigenvalue weighted by molar-refractivity contribution is -0.384. The largest absolute Gasteiger partial charge is 0.464 e. The first-order valence-electron chi connectivity index (χ1n) is 6.64. The Morgan fingerprint density at radius 2 is 2.10 bits per heavy atom. The van der Waals surface area contributed by atoms with E-state index in [4.69, 9.17) is 4.42 Å². The Labute approximate surface area is 127 Å². The van der Waals surface area contributed by atoms with Gasteiger partial charge in [-0.2, -0.15) is 11.8 Å². The predicted octanol–water partition coefficient (Wildman–Crippen LogP) is 3.90. The molecule has 0 bridgehead atoms. The van der Waals surface area contributed by atoms with Crippen molar-refractivity contribution < 1.29 is 9.34 Å². The molecule has 0 spiro atoms. The maximum absolute atomic E-state index is 10.8. The summed E-state index contributed by atoms with van der Waals surface area (Å²) in [4.78, 5) is 10.4. The van der Waals surface area contributed by atoms with Crippen molar-refractivity contribution in [2.45, 2.75) is 25.3 Å². The van der Waals surface area contributed by atoms with E-state index in [1.807, 2.05) is 31.4 Å². The number of nitrogens with one attached hydrogen (secondary N) is 1. The Hall–Kier alpha value is -1.79. The smallest absolute Gasteiger partial charge is 0.269 e. The van der Waals surface area contributed by atoms with Crippen LogP contribution >= 0.6 is 11.8 Å². The van der Waals surface area contributed by atoms with Crippen LogP contribution in [-0.4, -0.2) is 11.2 Å². The third-order valence-corrected chi connectivity index (χ3v) is 3.74. The van der Waals surface area contributed by atoms with Crippen LogP contribution in [-0.2, 0) is 12.3 Å². The highest BCUT2D eigenvalue weighted by atomic mass is 32.2. The number of hydrogen-bond donors (Lipinski definition) is 1. The van der Waals surface area contributed by atoms with Crippen molar-refractivity contribution in [1.29, 1.82) is 0 Å². The molecule has 0 radical (unpaired) electrons. The average molecular weight is 306 g/mol. The van der Waals surface area contributed by atoms with Gasteiger partial charge in [-0.1, -0.05) is 12.1 Å². The van der Waals surface area contributed by atoms with E-state index in [0.717, 1.165) is 22.8 Å². The summed E-state index contributed by atoms with van der Waals surface area (Å²) in [5, 5.41) is 14.1. The van der Waals surface area contributed by atoms with E-state index in [-0.39, 0.29) is 16.7 Å². The van der Waals surface area contributed by atoms with Crippen molar-refractivity contribution in [3.8, 4) is 0 Å². The van der Waals surface area contributed by atoms with Crippen LogP contribution in [0.5, 0.6) is 0 Å². The molecule has 0 aliphatic rings. The number of nitro benzene ring substituents is 1. The van der Waals surface area contributed by atoms with Crippen LogP contribution in [0.1, 0.15) is 30.0 Å². The number of nitrogens with zero attached hydrogens (tertiary/aromatic N) is 1. The average Bonchev–Trinajstić information content (AvgIpc) is 2.93. The molecule has 0 aliphatic carbocycles. The molecular weight excluding hydrogens is 288 g/mol. The fourth-order valence-electron chi connectivity index (χ4n) is 2.02. The molecule has 0 saturated carbocycles. The van der Waals surface area contributed by atoms with Crippen LogP contribution in [0.25, 0.3) is 0 Å². The summed E-state index contributed by atoms with van der Waals surface area (Å²) in [6.07, 6.45) is 2.03. The monoisotopic (exact) mass is 306 g/mol. The van der Waals surface area contributed by atoms with Crippen LogP contribution in [0.2, 0.25) is 0 Å². The molecule has 1 aromatic carbocycles. The molecule has 1 heterocycles. The van der Waals surface area contributed by atoms with Gasteiger partial charge in [0.25, 0.3) is 5.69 Å². The Bertz CT molecular complexity index is 612. The predicted molar refractivity (Wildman–Crippen MR) is 84.3 cm³/mol. The van der Waals surface area contributed by atoms with Crippen molar-refractivity contribution in [1.82, 2.24) is 5.32 Å². The van der Waals surface area contributed by atoms with Gasteiger partial charge in [0.2, 0.25) is 0 Å². The fourth-order valence-corrected chi connectivity index (χ4v) is 2.46. The fraction of sp³-hybridized carbons (Fsp3) is 0.333. The summed E-state index contributed by atoms with van der Waals surface area (Å²) in [6.45, 7) is 2.57. The van der Waals surface area contributed by atoms with E-state index >= 15 is 0 Å². The van der Waals surface area contributed by atoms with E-state index in [1.165, 1.54) is 6.07 Å². The second-order valence-electron chi connectivity index (χ2n) is 4.76. The number of nitro groups is 1. The molecule has 21 heavy (non-hydrogen) atoms. The second kappa shape index (κ2) is 7.28. The lowest BCUT2D eigenvalue weighted by Gasteiger charge is -2.13. The van der Waals surface area contributed by atoms with Gasteiger partial charge in [0.15, 0.2) is 0 Å². The van der Waals surface area contributed by atoms with Crippen molar-refractivity contribution in [3.63, 3.8) is 0 Å². The van der Waals surface area contributed by atoms with Crippen LogP contribution in [0.15, 0.2) is 40.8 Å². The van der Waals surface area contributed by atoms with Crippen LogP contribution < -0.4 is 5.32 Å². The van der Waals surface area contributed by atoms with E-state index < -0.39 is 0 Å². The zero-order valence-electron chi connectivity index (χ0n) is 12.0. The van der Waals surface area contributed by atoms with E-state index in [0.29, 0.717) is 6.54 Å². The first-order valence-corrected chi connectivity index (χ1v) is 8.04. The van der Waals surface area contributed by atoms with Crippen LogP contribution in [0.4, 0.5) is 5.69 Å². The molecule has 0 aliphatic heterocycles. The molecule has 1 atom stereocenters. The maximum Gasteiger partial charge on any atom is 0.269 e. The zero-order valence-corrected chi connectivity index (χ0v) is 12.9. The van der Waals surface area contributed by atoms with E-state index in [9.17, 15) is 10.1 Å². The lowest BCUT2D eigenvalue weighted by Crippen LogP contribution is -2.17. The van der Waals surface area contributed by atoms with E-state index in [2.05, 4.69) is 5.32 Å². The van der Waals surface area contributed by atoms with Gasteiger partial charge in [-0.3, -0.25) is 10.1 Å². The summed E-state index contributed by atoms with van der Waals surface area (Å²) in [5.41, 5.74) is 1.00. The highest BCUT2D eigenvalue weighted by Crippen LogP contribution is 2.20. The minimum absolute atomic E-state index is 0.0130. The Kier molecular flexibility index (Phi) is 5.41. The summed E-state index contributed by atoms with van der Waals surface area (Å²) in [5.74, 6) is 2.69. The number of furan rings is 1. The molecule has 1 N–H and O–H groups in total. The third-order valence-electron chi connectivity index (χ3n) is 3.17. The standard InChI is InChI=1S/C15H18N2O3S/c1-11(12-4-3-5-13(8-12)17(18)19)16-9-14-6-7-15(20-14)10-21-2/h3-8,11,16H,9-10H2,1-2H3. The molecular formula is C15H18N2O3S. The highest BCUT2D eigenvalue weighted by Gasteiger charge is 2.11. The van der Waals surface area contributed by atoms with Gasteiger partial charge in [-0.05, 0) is 30.9 Å². The van der Waals surface area contributed by atoms with Gasteiger partial charge >= 0.3 is 0 Å². The molecule has 6 heteroatoms. The van der Waals surface area contributed by atoms with Crippen molar-refractivity contribution in [3.05, 3.63) is 63.6 Å². The topological polar surface area (TPSA) is 68.3 Å². The summed E-state index contributed by atoms with van der Waals surface area (Å²) < 4.78 is 5.68. The Morgan fingerprint density at radius 3 is 2.81 bits per heavy atom. The first kappa shape index (κ1) is 15.6. The highest BCUT2D eigenvalue weighted by molar-refractivity contribution is 7.97. The van der Waals surface area contributed by atoms with Crippen molar-refractivity contribution >= 4 is 17.4 Å². The summed E-state index contributed by atoms with van der Waals surface area (Å²) in [6, 6.07) is 10.6. The molecule has 0 fully saturated rings. The van der Waals surface area contributed by atoms with E-state index in [1.54, 1.807) is 23.9 Å². The molecule has 1 aromatic heterocycles. The molecule has 0 saturated heterocycles. The molecule has 112 valence electrons. The second-order valence-corrected chi connectivity index (χ2v) is 5.62. The number of non-ortho nitro benzene ring substituents is 1. The number of benzene rings is 1. The van der Waals surface area contributed by atoms with Gasteiger partial charge in [-0.15, -0.1) is 0 Å². The molecule has 1 unspecified atom stereocenters. The first-order chi connectivity index (χ1) is 10.1. The number of rotatable bonds is 7. The molecule has 5 nitrogen and oxygen atoms in total. The van der Waals surface area contributed by atoms with Gasteiger partial charge in [0, 0.05) is 18.2 Å². The minimum Gasteiger partial charge on any atom is -0.464 e. The summed E-state index contributed by atoms with van der Waals surface area (Å²) >= 11 is 1.72. The lowest BCUT2D eigenvalue weighted by atomic mass is 10.1. The van der Waals surface area contributed by atoms with Gasteiger partial charge in [-0.25, -0.2) is 0 Å². The van der Waals surface area contributed by atoms with Crippen LogP contribution in [0.3, 0.4) is 0 Å². The molecule has 0 amide bonds. The Morgan fingerprint density at radius 1 is 1.33 bits per heavy atom. The number of hydrogen-bond acceptors (Lipinski definition) is 5. The van der Waals surface area contributed by atoms with Gasteiger partial charge < -0.3 is 9.73 Å². The SMILES string of the molecule is CSCc1ccc(CNC(C)c2cccc([N+](=O)[O-])c2)o1. The zero-order chi connectivity index (χ0) is 15.2. The Balaban J connectivity index is 1.95. The summed E-state index contributed by atoms with van der Waals surface area (Å²) in [7, 11) is 0. The van der Waals surface area contributed by atoms with Crippen molar-refractivity contribution in [2.75, 3.05) is 6.26 Å². The van der Waals surface area contributed by atoms with Gasteiger partial charge in [0.1, 0.15) is 11.5 Å². The van der Waals surface area contributed by atoms with Gasteiger partial charge in [0.05, 0.1) is 17.2 Å². The molecule has 2 aromatic rings. The van der Waals surface area contributed by atoms with Crippen LogP contribution in [0, 0.1) is 10.1 Å². The molecule has 2 rings (SSSR count). The maximum atomic E-state index is 10.8. The normalized spacial score (nSPS) is 12.3. The number of thioether (sulfide) groups is 1. The quantitative estimate of drug-likeness (QED) is 0.620. The van der Waals surface area contributed by atoms with Crippen molar-refractivity contribution in [2.24, 2.45) is 0 Å². The third kappa shape index (κ3) is 4.34.